The number of rotatable bonds is 6. The Kier molecular flexibility index (Phi) is 5.72. The standard InChI is InChI=1S/C13H18FNO4/c1-8(16)15-6-5-12(17)13(18)10-7-9(19-2)3-4-11(10)14/h3-4,7,12-13,17-18H,5-6H2,1-2H3,(H,15,16). The summed E-state index contributed by atoms with van der Waals surface area (Å²) in [7, 11) is 1.43. The molecule has 2 unspecified atom stereocenters. The molecule has 0 saturated heterocycles. The molecule has 1 aromatic carbocycles. The van der Waals surface area contributed by atoms with Crippen LogP contribution in [0.1, 0.15) is 25.0 Å². The highest BCUT2D eigenvalue weighted by atomic mass is 19.1. The third kappa shape index (κ3) is 4.50. The zero-order chi connectivity index (χ0) is 14.4. The lowest BCUT2D eigenvalue weighted by Gasteiger charge is -2.19. The first kappa shape index (κ1) is 15.4. The second kappa shape index (κ2) is 7.06. The first-order valence-corrected chi connectivity index (χ1v) is 5.89. The summed E-state index contributed by atoms with van der Waals surface area (Å²) in [4.78, 5) is 10.7. The minimum Gasteiger partial charge on any atom is -0.497 e. The molecule has 1 aromatic rings. The molecule has 0 saturated carbocycles. The summed E-state index contributed by atoms with van der Waals surface area (Å²) in [6.07, 6.45) is -2.42. The van der Waals surface area contributed by atoms with Crippen molar-refractivity contribution in [3.8, 4) is 5.75 Å². The van der Waals surface area contributed by atoms with E-state index >= 15 is 0 Å². The van der Waals surface area contributed by atoms with E-state index in [-0.39, 0.29) is 24.4 Å². The zero-order valence-corrected chi connectivity index (χ0v) is 10.9. The Morgan fingerprint density at radius 3 is 2.74 bits per heavy atom. The lowest BCUT2D eigenvalue weighted by atomic mass is 10.0. The van der Waals surface area contributed by atoms with Crippen molar-refractivity contribution < 1.29 is 24.1 Å². The van der Waals surface area contributed by atoms with Crippen LogP contribution < -0.4 is 10.1 Å². The van der Waals surface area contributed by atoms with Crippen molar-refractivity contribution in [2.75, 3.05) is 13.7 Å². The molecule has 6 heteroatoms. The monoisotopic (exact) mass is 271 g/mol. The number of hydrogen-bond donors (Lipinski definition) is 3. The van der Waals surface area contributed by atoms with Gasteiger partial charge in [-0.2, -0.15) is 0 Å². The van der Waals surface area contributed by atoms with Gasteiger partial charge in [0.15, 0.2) is 0 Å². The smallest absolute Gasteiger partial charge is 0.216 e. The maximum Gasteiger partial charge on any atom is 0.216 e. The number of carbonyl (C=O) groups is 1. The molecule has 106 valence electrons. The van der Waals surface area contributed by atoms with Crippen LogP contribution in [0.3, 0.4) is 0 Å². The first-order chi connectivity index (χ1) is 8.95. The van der Waals surface area contributed by atoms with Crippen molar-refractivity contribution in [3.63, 3.8) is 0 Å². The van der Waals surface area contributed by atoms with Crippen molar-refractivity contribution in [2.45, 2.75) is 25.6 Å². The van der Waals surface area contributed by atoms with E-state index in [1.807, 2.05) is 0 Å². The number of nitrogens with one attached hydrogen (secondary N) is 1. The molecular formula is C13H18FNO4. The second-order valence-electron chi connectivity index (χ2n) is 4.17. The SMILES string of the molecule is COc1ccc(F)c(C(O)C(O)CCNC(C)=O)c1. The fraction of sp³-hybridized carbons (Fsp3) is 0.462. The van der Waals surface area contributed by atoms with Crippen LogP contribution in [-0.4, -0.2) is 35.9 Å². The van der Waals surface area contributed by atoms with Gasteiger partial charge in [-0.25, -0.2) is 4.39 Å². The maximum atomic E-state index is 13.6. The normalized spacial score (nSPS) is 13.7. The molecule has 19 heavy (non-hydrogen) atoms. The fourth-order valence-electron chi connectivity index (χ4n) is 1.64. The van der Waals surface area contributed by atoms with Crippen molar-refractivity contribution in [1.82, 2.24) is 5.32 Å². The average Bonchev–Trinajstić information content (AvgIpc) is 2.38. The Hall–Kier alpha value is -1.66. The van der Waals surface area contributed by atoms with E-state index in [2.05, 4.69) is 5.32 Å². The summed E-state index contributed by atoms with van der Waals surface area (Å²) in [6, 6.07) is 3.93. The second-order valence-corrected chi connectivity index (χ2v) is 4.17. The molecule has 0 bridgehead atoms. The molecule has 0 aliphatic rings. The highest BCUT2D eigenvalue weighted by Gasteiger charge is 2.22. The Labute approximate surface area is 111 Å². The summed E-state index contributed by atoms with van der Waals surface area (Å²) >= 11 is 0. The minimum atomic E-state index is -1.37. The van der Waals surface area contributed by atoms with E-state index in [4.69, 9.17) is 4.74 Å². The number of amides is 1. The number of hydrogen-bond acceptors (Lipinski definition) is 4. The zero-order valence-electron chi connectivity index (χ0n) is 10.9. The lowest BCUT2D eigenvalue weighted by Crippen LogP contribution is -2.28. The fourth-order valence-corrected chi connectivity index (χ4v) is 1.64. The van der Waals surface area contributed by atoms with E-state index < -0.39 is 18.0 Å². The molecular weight excluding hydrogens is 253 g/mol. The Balaban J connectivity index is 2.70. The molecule has 2 atom stereocenters. The van der Waals surface area contributed by atoms with Gasteiger partial charge in [0.25, 0.3) is 0 Å². The van der Waals surface area contributed by atoms with E-state index in [0.717, 1.165) is 6.07 Å². The summed E-state index contributed by atoms with van der Waals surface area (Å²) in [5.74, 6) is -0.453. The Morgan fingerprint density at radius 2 is 2.16 bits per heavy atom. The van der Waals surface area contributed by atoms with E-state index in [0.29, 0.717) is 5.75 Å². The molecule has 0 aliphatic carbocycles. The van der Waals surface area contributed by atoms with Gasteiger partial charge in [0.05, 0.1) is 13.2 Å². The molecule has 0 fully saturated rings. The quantitative estimate of drug-likeness (QED) is 0.713. The molecule has 1 rings (SSSR count). The lowest BCUT2D eigenvalue weighted by molar-refractivity contribution is -0.119. The predicted octanol–water partition coefficient (Wildman–Crippen LogP) is 0.755. The van der Waals surface area contributed by atoms with Gasteiger partial charge >= 0.3 is 0 Å². The molecule has 3 N–H and O–H groups in total. The van der Waals surface area contributed by atoms with Crippen molar-refractivity contribution in [1.29, 1.82) is 0 Å². The average molecular weight is 271 g/mol. The summed E-state index contributed by atoms with van der Waals surface area (Å²) < 4.78 is 18.5. The molecule has 0 spiro atoms. The van der Waals surface area contributed by atoms with Crippen molar-refractivity contribution in [3.05, 3.63) is 29.6 Å². The molecule has 0 aliphatic heterocycles. The molecule has 0 aromatic heterocycles. The first-order valence-electron chi connectivity index (χ1n) is 5.89. The number of benzene rings is 1. The number of aliphatic hydroxyl groups excluding tert-OH is 2. The van der Waals surface area contributed by atoms with Gasteiger partial charge in [-0.3, -0.25) is 4.79 Å². The Bertz CT molecular complexity index is 439. The number of methoxy groups -OCH3 is 1. The summed E-state index contributed by atoms with van der Waals surface area (Å²) in [5.41, 5.74) is -0.0327. The van der Waals surface area contributed by atoms with Crippen LogP contribution in [0.4, 0.5) is 4.39 Å². The maximum absolute atomic E-state index is 13.6. The van der Waals surface area contributed by atoms with Crippen molar-refractivity contribution >= 4 is 5.91 Å². The molecule has 0 heterocycles. The van der Waals surface area contributed by atoms with Crippen LogP contribution >= 0.6 is 0 Å². The van der Waals surface area contributed by atoms with Gasteiger partial charge in [-0.05, 0) is 24.6 Å². The van der Waals surface area contributed by atoms with Crippen LogP contribution in [0.2, 0.25) is 0 Å². The highest BCUT2D eigenvalue weighted by Crippen LogP contribution is 2.25. The van der Waals surface area contributed by atoms with Gasteiger partial charge < -0.3 is 20.3 Å². The largest absolute Gasteiger partial charge is 0.497 e. The number of aliphatic hydroxyl groups is 2. The predicted molar refractivity (Wildman–Crippen MR) is 67.2 cm³/mol. The summed E-state index contributed by atoms with van der Waals surface area (Å²) in [6.45, 7) is 1.56. The summed E-state index contributed by atoms with van der Waals surface area (Å²) in [5, 5.41) is 22.2. The van der Waals surface area contributed by atoms with Crippen LogP contribution in [0.5, 0.6) is 5.75 Å². The number of carbonyl (C=O) groups excluding carboxylic acids is 1. The topological polar surface area (TPSA) is 78.8 Å². The molecule has 0 radical (unpaired) electrons. The minimum absolute atomic E-state index is 0.0327. The number of halogens is 1. The van der Waals surface area contributed by atoms with E-state index in [1.165, 1.54) is 26.2 Å². The van der Waals surface area contributed by atoms with Gasteiger partial charge in [0, 0.05) is 19.0 Å². The number of ether oxygens (including phenoxy) is 1. The Morgan fingerprint density at radius 1 is 1.47 bits per heavy atom. The van der Waals surface area contributed by atoms with Gasteiger partial charge in [-0.1, -0.05) is 0 Å². The highest BCUT2D eigenvalue weighted by molar-refractivity contribution is 5.72. The van der Waals surface area contributed by atoms with Crippen LogP contribution in [0.15, 0.2) is 18.2 Å². The van der Waals surface area contributed by atoms with Gasteiger partial charge in [-0.15, -0.1) is 0 Å². The van der Waals surface area contributed by atoms with E-state index in [9.17, 15) is 19.4 Å². The van der Waals surface area contributed by atoms with Gasteiger partial charge in [0.1, 0.15) is 17.7 Å². The van der Waals surface area contributed by atoms with Crippen LogP contribution in [0, 0.1) is 5.82 Å². The van der Waals surface area contributed by atoms with Crippen LogP contribution in [0.25, 0.3) is 0 Å². The van der Waals surface area contributed by atoms with E-state index in [1.54, 1.807) is 0 Å². The third-order valence-electron chi connectivity index (χ3n) is 2.70. The molecule has 1 amide bonds. The van der Waals surface area contributed by atoms with Crippen LogP contribution in [-0.2, 0) is 4.79 Å². The van der Waals surface area contributed by atoms with Gasteiger partial charge in [0.2, 0.25) is 5.91 Å². The third-order valence-corrected chi connectivity index (χ3v) is 2.70. The van der Waals surface area contributed by atoms with Crippen molar-refractivity contribution in [2.24, 2.45) is 0 Å². The molecule has 5 nitrogen and oxygen atoms in total.